The van der Waals surface area contributed by atoms with Crippen molar-refractivity contribution in [1.29, 1.82) is 0 Å². The highest BCUT2D eigenvalue weighted by atomic mass is 35.5. The van der Waals surface area contributed by atoms with Gasteiger partial charge in [0.25, 0.3) is 0 Å². The third kappa shape index (κ3) is 2.70. The highest BCUT2D eigenvalue weighted by Crippen LogP contribution is 2.30. The van der Waals surface area contributed by atoms with Crippen LogP contribution in [0, 0.1) is 6.92 Å². The molecule has 0 saturated carbocycles. The number of benzene rings is 3. The summed E-state index contributed by atoms with van der Waals surface area (Å²) < 4.78 is 2.24. The van der Waals surface area contributed by atoms with E-state index >= 15 is 0 Å². The van der Waals surface area contributed by atoms with E-state index in [1.807, 2.05) is 42.5 Å². The maximum Gasteiger partial charge on any atom is 0.142 e. The predicted octanol–water partition coefficient (Wildman–Crippen LogP) is 5.71. The van der Waals surface area contributed by atoms with Crippen molar-refractivity contribution in [1.82, 2.24) is 9.55 Å². The van der Waals surface area contributed by atoms with Crippen LogP contribution in [0.3, 0.4) is 0 Å². The molecular weight excluding hydrogens is 316 g/mol. The van der Waals surface area contributed by atoms with Crippen LogP contribution in [-0.2, 0) is 6.54 Å². The van der Waals surface area contributed by atoms with Gasteiger partial charge in [-0.1, -0.05) is 65.7 Å². The Hall–Kier alpha value is -2.58. The van der Waals surface area contributed by atoms with Gasteiger partial charge in [-0.3, -0.25) is 0 Å². The van der Waals surface area contributed by atoms with Crippen molar-refractivity contribution < 1.29 is 0 Å². The van der Waals surface area contributed by atoms with Crippen molar-refractivity contribution in [3.8, 4) is 11.4 Å². The molecule has 0 saturated heterocycles. The van der Waals surface area contributed by atoms with Gasteiger partial charge in [-0.2, -0.15) is 0 Å². The molecule has 3 heteroatoms. The van der Waals surface area contributed by atoms with Gasteiger partial charge in [0.1, 0.15) is 5.82 Å². The number of nitrogens with zero attached hydrogens (tertiary/aromatic N) is 2. The Morgan fingerprint density at radius 1 is 0.875 bits per heavy atom. The van der Waals surface area contributed by atoms with E-state index in [0.29, 0.717) is 0 Å². The van der Waals surface area contributed by atoms with Gasteiger partial charge < -0.3 is 4.57 Å². The summed E-state index contributed by atoms with van der Waals surface area (Å²) in [5, 5.41) is 0.720. The third-order valence-corrected chi connectivity index (χ3v) is 4.56. The molecule has 0 spiro atoms. The molecule has 0 bridgehead atoms. The minimum absolute atomic E-state index is 0.720. The first-order valence-corrected chi connectivity index (χ1v) is 8.36. The fourth-order valence-electron chi connectivity index (χ4n) is 2.96. The molecule has 24 heavy (non-hydrogen) atoms. The summed E-state index contributed by atoms with van der Waals surface area (Å²) in [4.78, 5) is 4.84. The van der Waals surface area contributed by atoms with E-state index in [1.165, 1.54) is 11.1 Å². The Labute approximate surface area is 146 Å². The lowest BCUT2D eigenvalue weighted by molar-refractivity contribution is 0.834. The van der Waals surface area contributed by atoms with E-state index in [1.54, 1.807) is 0 Å². The number of hydrogen-bond donors (Lipinski definition) is 0. The zero-order chi connectivity index (χ0) is 16.5. The number of fused-ring (bicyclic) bond motifs is 1. The van der Waals surface area contributed by atoms with E-state index in [9.17, 15) is 0 Å². The Balaban J connectivity index is 1.90. The number of imidazole rings is 1. The highest BCUT2D eigenvalue weighted by molar-refractivity contribution is 6.33. The summed E-state index contributed by atoms with van der Waals surface area (Å²) in [6.07, 6.45) is 0. The standard InChI is InChI=1S/C21H17ClN2/c1-15-10-12-16(13-11-15)14-24-20-9-5-4-8-19(20)23-21(24)17-6-2-3-7-18(17)22/h2-13H,14H2,1H3. The largest absolute Gasteiger partial charge is 0.319 e. The monoisotopic (exact) mass is 332 g/mol. The van der Waals surface area contributed by atoms with Crippen molar-refractivity contribution >= 4 is 22.6 Å². The minimum atomic E-state index is 0.720. The molecule has 0 radical (unpaired) electrons. The lowest BCUT2D eigenvalue weighted by atomic mass is 10.1. The average molecular weight is 333 g/mol. The third-order valence-electron chi connectivity index (χ3n) is 4.23. The first kappa shape index (κ1) is 15.0. The molecule has 0 N–H and O–H groups in total. The van der Waals surface area contributed by atoms with E-state index in [-0.39, 0.29) is 0 Å². The van der Waals surface area contributed by atoms with Crippen LogP contribution in [0.15, 0.2) is 72.8 Å². The van der Waals surface area contributed by atoms with Crippen molar-refractivity contribution in [3.63, 3.8) is 0 Å². The summed E-state index contributed by atoms with van der Waals surface area (Å²) in [6.45, 7) is 2.87. The van der Waals surface area contributed by atoms with Crippen molar-refractivity contribution in [2.75, 3.05) is 0 Å². The Morgan fingerprint density at radius 3 is 2.38 bits per heavy atom. The van der Waals surface area contributed by atoms with Crippen LogP contribution in [0.1, 0.15) is 11.1 Å². The molecule has 2 nitrogen and oxygen atoms in total. The average Bonchev–Trinajstić information content (AvgIpc) is 2.96. The van der Waals surface area contributed by atoms with Gasteiger partial charge in [-0.15, -0.1) is 0 Å². The fourth-order valence-corrected chi connectivity index (χ4v) is 3.18. The first-order valence-electron chi connectivity index (χ1n) is 7.98. The lowest BCUT2D eigenvalue weighted by Crippen LogP contribution is -2.02. The normalized spacial score (nSPS) is 11.1. The van der Waals surface area contributed by atoms with Gasteiger partial charge in [0.2, 0.25) is 0 Å². The molecule has 0 atom stereocenters. The second-order valence-corrected chi connectivity index (χ2v) is 6.38. The second-order valence-electron chi connectivity index (χ2n) is 5.98. The molecule has 118 valence electrons. The van der Waals surface area contributed by atoms with Gasteiger partial charge in [0.15, 0.2) is 0 Å². The summed E-state index contributed by atoms with van der Waals surface area (Å²) in [6, 6.07) is 24.7. The molecule has 0 amide bonds. The maximum atomic E-state index is 6.43. The quantitative estimate of drug-likeness (QED) is 0.469. The molecular formula is C21H17ClN2. The Bertz CT molecular complexity index is 1000. The zero-order valence-electron chi connectivity index (χ0n) is 13.4. The van der Waals surface area contributed by atoms with Gasteiger partial charge in [-0.05, 0) is 36.8 Å². The van der Waals surface area contributed by atoms with E-state index in [0.717, 1.165) is 34.0 Å². The predicted molar refractivity (Wildman–Crippen MR) is 100 cm³/mol. The molecule has 1 aromatic heterocycles. The van der Waals surface area contributed by atoms with Crippen LogP contribution in [0.2, 0.25) is 5.02 Å². The number of aromatic nitrogens is 2. The second kappa shape index (κ2) is 6.14. The number of para-hydroxylation sites is 2. The molecule has 4 aromatic rings. The van der Waals surface area contributed by atoms with Crippen molar-refractivity contribution in [3.05, 3.63) is 88.9 Å². The summed E-state index contributed by atoms with van der Waals surface area (Å²) >= 11 is 6.43. The molecule has 1 heterocycles. The van der Waals surface area contributed by atoms with Gasteiger partial charge >= 0.3 is 0 Å². The molecule has 0 aliphatic rings. The SMILES string of the molecule is Cc1ccc(Cn2c(-c3ccccc3Cl)nc3ccccc32)cc1. The van der Waals surface area contributed by atoms with Crippen LogP contribution in [0.25, 0.3) is 22.4 Å². The molecule has 0 unspecified atom stereocenters. The van der Waals surface area contributed by atoms with Crippen LogP contribution >= 0.6 is 11.6 Å². The van der Waals surface area contributed by atoms with E-state index in [4.69, 9.17) is 16.6 Å². The topological polar surface area (TPSA) is 17.8 Å². The van der Waals surface area contributed by atoms with Crippen LogP contribution in [0.4, 0.5) is 0 Å². The highest BCUT2D eigenvalue weighted by Gasteiger charge is 2.14. The molecule has 3 aromatic carbocycles. The Kier molecular flexibility index (Phi) is 3.83. The number of rotatable bonds is 3. The van der Waals surface area contributed by atoms with Crippen molar-refractivity contribution in [2.45, 2.75) is 13.5 Å². The molecule has 0 aliphatic heterocycles. The summed E-state index contributed by atoms with van der Waals surface area (Å²) in [5.74, 6) is 0.905. The summed E-state index contributed by atoms with van der Waals surface area (Å²) in [5.41, 5.74) is 5.58. The molecule has 0 aliphatic carbocycles. The fraction of sp³-hybridized carbons (Fsp3) is 0.0952. The van der Waals surface area contributed by atoms with Gasteiger partial charge in [0.05, 0.1) is 16.1 Å². The summed E-state index contributed by atoms with van der Waals surface area (Å²) in [7, 11) is 0. The maximum absolute atomic E-state index is 6.43. The van der Waals surface area contributed by atoms with Crippen LogP contribution in [-0.4, -0.2) is 9.55 Å². The lowest BCUT2D eigenvalue weighted by Gasteiger charge is -2.11. The van der Waals surface area contributed by atoms with Crippen LogP contribution in [0.5, 0.6) is 0 Å². The Morgan fingerprint density at radius 2 is 1.58 bits per heavy atom. The van der Waals surface area contributed by atoms with E-state index < -0.39 is 0 Å². The number of aryl methyl sites for hydroxylation is 1. The molecule has 0 fully saturated rings. The smallest absolute Gasteiger partial charge is 0.142 e. The number of halogens is 1. The van der Waals surface area contributed by atoms with E-state index in [2.05, 4.69) is 41.8 Å². The van der Waals surface area contributed by atoms with Crippen LogP contribution < -0.4 is 0 Å². The minimum Gasteiger partial charge on any atom is -0.319 e. The zero-order valence-corrected chi connectivity index (χ0v) is 14.2. The van der Waals surface area contributed by atoms with Crippen molar-refractivity contribution in [2.24, 2.45) is 0 Å². The molecule has 4 rings (SSSR count). The number of hydrogen-bond acceptors (Lipinski definition) is 1. The first-order chi connectivity index (χ1) is 11.7. The van der Waals surface area contributed by atoms with Gasteiger partial charge in [0, 0.05) is 12.1 Å². The van der Waals surface area contributed by atoms with Gasteiger partial charge in [-0.25, -0.2) is 4.98 Å².